The van der Waals surface area contributed by atoms with E-state index >= 15 is 0 Å². The minimum atomic E-state index is 0.913. The molecule has 0 aliphatic carbocycles. The van der Waals surface area contributed by atoms with E-state index in [1.54, 1.807) is 0 Å². The van der Waals surface area contributed by atoms with Crippen molar-refractivity contribution < 1.29 is 0 Å². The van der Waals surface area contributed by atoms with Gasteiger partial charge in [0, 0.05) is 30.7 Å². The molecule has 1 heterocycles. The van der Waals surface area contributed by atoms with Crippen molar-refractivity contribution in [2.24, 2.45) is 0 Å². The lowest BCUT2D eigenvalue weighted by atomic mass is 10.2. The third kappa shape index (κ3) is 3.39. The SMILES string of the molecule is CC#CCCn1c(CNCCC)cc2ccccc21. The van der Waals surface area contributed by atoms with Crippen molar-refractivity contribution in [2.45, 2.75) is 39.8 Å². The lowest BCUT2D eigenvalue weighted by molar-refractivity contribution is 0.621. The molecule has 2 rings (SSSR count). The molecule has 1 N–H and O–H groups in total. The lowest BCUT2D eigenvalue weighted by Gasteiger charge is -2.09. The largest absolute Gasteiger partial charge is 0.342 e. The van der Waals surface area contributed by atoms with E-state index in [1.807, 2.05) is 6.92 Å². The van der Waals surface area contributed by atoms with Gasteiger partial charge in [-0.1, -0.05) is 25.1 Å². The molecule has 2 nitrogen and oxygen atoms in total. The van der Waals surface area contributed by atoms with Gasteiger partial charge in [0.2, 0.25) is 0 Å². The van der Waals surface area contributed by atoms with Crippen LogP contribution in [-0.2, 0) is 13.1 Å². The zero-order valence-electron chi connectivity index (χ0n) is 11.9. The van der Waals surface area contributed by atoms with E-state index in [9.17, 15) is 0 Å². The molecule has 0 saturated carbocycles. The van der Waals surface area contributed by atoms with Crippen molar-refractivity contribution >= 4 is 10.9 Å². The van der Waals surface area contributed by atoms with Crippen molar-refractivity contribution in [2.75, 3.05) is 6.54 Å². The normalized spacial score (nSPS) is 10.4. The van der Waals surface area contributed by atoms with Crippen LogP contribution in [-0.4, -0.2) is 11.1 Å². The fraction of sp³-hybridized carbons (Fsp3) is 0.412. The number of fused-ring (bicyclic) bond motifs is 1. The average molecular weight is 254 g/mol. The van der Waals surface area contributed by atoms with E-state index in [2.05, 4.69) is 59.0 Å². The first-order chi connectivity index (χ1) is 9.36. The van der Waals surface area contributed by atoms with Gasteiger partial charge < -0.3 is 9.88 Å². The number of hydrogen-bond acceptors (Lipinski definition) is 1. The van der Waals surface area contributed by atoms with Crippen molar-refractivity contribution in [1.82, 2.24) is 9.88 Å². The number of aromatic nitrogens is 1. The van der Waals surface area contributed by atoms with E-state index in [4.69, 9.17) is 0 Å². The minimum Gasteiger partial charge on any atom is -0.342 e. The highest BCUT2D eigenvalue weighted by Crippen LogP contribution is 2.20. The van der Waals surface area contributed by atoms with Crippen molar-refractivity contribution in [3.63, 3.8) is 0 Å². The second-order valence-corrected chi connectivity index (χ2v) is 4.70. The predicted molar refractivity (Wildman–Crippen MR) is 82.0 cm³/mol. The Morgan fingerprint density at radius 2 is 2.11 bits per heavy atom. The number of benzene rings is 1. The Bertz CT molecular complexity index is 584. The molecule has 1 aromatic carbocycles. The van der Waals surface area contributed by atoms with Crippen molar-refractivity contribution in [1.29, 1.82) is 0 Å². The summed E-state index contributed by atoms with van der Waals surface area (Å²) >= 11 is 0. The van der Waals surface area contributed by atoms with Crippen LogP contribution >= 0.6 is 0 Å². The maximum Gasteiger partial charge on any atom is 0.0483 e. The van der Waals surface area contributed by atoms with E-state index in [-0.39, 0.29) is 0 Å². The van der Waals surface area contributed by atoms with Gasteiger partial charge in [0.05, 0.1) is 0 Å². The first-order valence-electron chi connectivity index (χ1n) is 7.04. The molecule has 0 saturated heterocycles. The van der Waals surface area contributed by atoms with Gasteiger partial charge in [-0.2, -0.15) is 0 Å². The Morgan fingerprint density at radius 1 is 1.26 bits per heavy atom. The summed E-state index contributed by atoms with van der Waals surface area (Å²) in [4.78, 5) is 0. The summed E-state index contributed by atoms with van der Waals surface area (Å²) in [6, 6.07) is 10.9. The second-order valence-electron chi connectivity index (χ2n) is 4.70. The molecule has 19 heavy (non-hydrogen) atoms. The predicted octanol–water partition coefficient (Wildman–Crippen LogP) is 3.55. The fourth-order valence-electron chi connectivity index (χ4n) is 2.36. The van der Waals surface area contributed by atoms with Gasteiger partial charge in [-0.3, -0.25) is 0 Å². The van der Waals surface area contributed by atoms with Crippen LogP contribution in [0.4, 0.5) is 0 Å². The zero-order chi connectivity index (χ0) is 13.5. The number of nitrogens with one attached hydrogen (secondary N) is 1. The van der Waals surface area contributed by atoms with Crippen molar-refractivity contribution in [3.05, 3.63) is 36.0 Å². The summed E-state index contributed by atoms with van der Waals surface area (Å²) in [5.41, 5.74) is 2.67. The Kier molecular flexibility index (Phi) is 5.06. The standard InChI is InChI=1S/C17H22N2/c1-3-5-8-12-19-16(14-18-11-4-2)13-15-9-6-7-10-17(15)19/h6-7,9-10,13,18H,4,8,11-12,14H2,1-2H3. The topological polar surface area (TPSA) is 17.0 Å². The van der Waals surface area contributed by atoms with Crippen LogP contribution in [0, 0.1) is 11.8 Å². The average Bonchev–Trinajstić information content (AvgIpc) is 2.78. The maximum absolute atomic E-state index is 3.49. The molecule has 2 heteroatoms. The Morgan fingerprint density at radius 3 is 2.89 bits per heavy atom. The second kappa shape index (κ2) is 7.01. The van der Waals surface area contributed by atoms with E-state index in [0.717, 1.165) is 26.1 Å². The highest BCUT2D eigenvalue weighted by molar-refractivity contribution is 5.81. The Hall–Kier alpha value is -1.72. The maximum atomic E-state index is 3.49. The van der Waals surface area contributed by atoms with Gasteiger partial charge in [-0.15, -0.1) is 11.8 Å². The van der Waals surface area contributed by atoms with Crippen LogP contribution in [0.1, 0.15) is 32.4 Å². The minimum absolute atomic E-state index is 0.913. The summed E-state index contributed by atoms with van der Waals surface area (Å²) in [5.74, 6) is 6.13. The summed E-state index contributed by atoms with van der Waals surface area (Å²) in [6.45, 7) is 7.06. The van der Waals surface area contributed by atoms with Gasteiger partial charge in [-0.05, 0) is 37.4 Å². The summed E-state index contributed by atoms with van der Waals surface area (Å²) in [6.07, 6.45) is 2.08. The lowest BCUT2D eigenvalue weighted by Crippen LogP contribution is -2.16. The van der Waals surface area contributed by atoms with Crippen LogP contribution in [0.25, 0.3) is 10.9 Å². The summed E-state index contributed by atoms with van der Waals surface area (Å²) < 4.78 is 2.39. The molecule has 2 aromatic rings. The fourth-order valence-corrected chi connectivity index (χ4v) is 2.36. The first kappa shape index (κ1) is 13.7. The smallest absolute Gasteiger partial charge is 0.0483 e. The molecule has 0 aliphatic heterocycles. The molecule has 1 aromatic heterocycles. The van der Waals surface area contributed by atoms with Crippen molar-refractivity contribution in [3.8, 4) is 11.8 Å². The van der Waals surface area contributed by atoms with E-state index in [1.165, 1.54) is 23.0 Å². The zero-order valence-corrected chi connectivity index (χ0v) is 11.9. The molecule has 0 unspecified atom stereocenters. The quantitative estimate of drug-likeness (QED) is 0.616. The summed E-state index contributed by atoms with van der Waals surface area (Å²) in [5, 5.41) is 4.81. The molecule has 0 radical (unpaired) electrons. The highest BCUT2D eigenvalue weighted by atomic mass is 15.0. The van der Waals surface area contributed by atoms with Gasteiger partial charge in [0.1, 0.15) is 0 Å². The molecule has 100 valence electrons. The first-order valence-corrected chi connectivity index (χ1v) is 7.04. The Labute approximate surface area is 115 Å². The van der Waals surface area contributed by atoms with Crippen LogP contribution in [0.5, 0.6) is 0 Å². The van der Waals surface area contributed by atoms with Gasteiger partial charge in [0.25, 0.3) is 0 Å². The van der Waals surface area contributed by atoms with Crippen LogP contribution in [0.15, 0.2) is 30.3 Å². The molecule has 0 fully saturated rings. The van der Waals surface area contributed by atoms with Gasteiger partial charge in [0.15, 0.2) is 0 Å². The van der Waals surface area contributed by atoms with Gasteiger partial charge in [-0.25, -0.2) is 0 Å². The number of para-hydroxylation sites is 1. The molecule has 0 spiro atoms. The molecule has 0 bridgehead atoms. The van der Waals surface area contributed by atoms with Crippen LogP contribution in [0.3, 0.4) is 0 Å². The van der Waals surface area contributed by atoms with E-state index in [0.29, 0.717) is 0 Å². The monoisotopic (exact) mass is 254 g/mol. The molecular weight excluding hydrogens is 232 g/mol. The van der Waals surface area contributed by atoms with Crippen LogP contribution in [0.2, 0.25) is 0 Å². The van der Waals surface area contributed by atoms with Gasteiger partial charge >= 0.3 is 0 Å². The third-order valence-electron chi connectivity index (χ3n) is 3.27. The third-order valence-corrected chi connectivity index (χ3v) is 3.27. The molecule has 0 atom stereocenters. The highest BCUT2D eigenvalue weighted by Gasteiger charge is 2.07. The Balaban J connectivity index is 2.25. The number of aryl methyl sites for hydroxylation is 1. The number of nitrogens with zero attached hydrogens (tertiary/aromatic N) is 1. The van der Waals surface area contributed by atoms with E-state index < -0.39 is 0 Å². The molecule has 0 aliphatic rings. The number of rotatable bonds is 6. The molecular formula is C17H22N2. The summed E-state index contributed by atoms with van der Waals surface area (Å²) in [7, 11) is 0. The molecule has 0 amide bonds. The number of hydrogen-bond donors (Lipinski definition) is 1. The van der Waals surface area contributed by atoms with Crippen LogP contribution < -0.4 is 5.32 Å².